The highest BCUT2D eigenvalue weighted by Gasteiger charge is 2.23. The molecule has 2 aromatic rings. The monoisotopic (exact) mass is 372 g/mol. The van der Waals surface area contributed by atoms with Crippen LogP contribution in [0.2, 0.25) is 0 Å². The van der Waals surface area contributed by atoms with E-state index in [1.54, 1.807) is 11.3 Å². The van der Waals surface area contributed by atoms with E-state index in [-0.39, 0.29) is 6.03 Å². The van der Waals surface area contributed by atoms with Gasteiger partial charge in [-0.3, -0.25) is 4.90 Å². The maximum atomic E-state index is 12.1. The Bertz CT molecular complexity index is 701. The Morgan fingerprint density at radius 2 is 2.12 bits per heavy atom. The molecule has 1 aromatic carbocycles. The molecule has 1 aliphatic heterocycles. The number of likely N-dealkylation sites (tertiary alicyclic amines) is 1. The van der Waals surface area contributed by atoms with Crippen molar-refractivity contribution in [1.29, 1.82) is 0 Å². The minimum absolute atomic E-state index is 0.141. The smallest absolute Gasteiger partial charge is 0.319 e. The van der Waals surface area contributed by atoms with Gasteiger partial charge in [-0.15, -0.1) is 11.3 Å². The van der Waals surface area contributed by atoms with Gasteiger partial charge in [-0.2, -0.15) is 0 Å². The third-order valence-electron chi connectivity index (χ3n) is 4.71. The van der Waals surface area contributed by atoms with Crippen molar-refractivity contribution >= 4 is 23.1 Å². The number of nitrogens with one attached hydrogen (secondary N) is 2. The van der Waals surface area contributed by atoms with Crippen LogP contribution in [-0.4, -0.2) is 35.0 Å². The van der Waals surface area contributed by atoms with E-state index in [0.717, 1.165) is 30.9 Å². The third-order valence-corrected chi connectivity index (χ3v) is 5.90. The van der Waals surface area contributed by atoms with E-state index in [2.05, 4.69) is 34.8 Å². The lowest BCUT2D eigenvalue weighted by atomic mass is 10.0. The van der Waals surface area contributed by atoms with Gasteiger partial charge in [0, 0.05) is 36.1 Å². The topological polar surface area (TPSA) is 57.3 Å². The minimum Gasteiger partial charge on any atom is -0.336 e. The molecule has 2 heterocycles. The van der Waals surface area contributed by atoms with Crippen LogP contribution in [0.15, 0.2) is 35.7 Å². The zero-order chi connectivity index (χ0) is 18.4. The molecule has 6 heteroatoms. The highest BCUT2D eigenvalue weighted by atomic mass is 32.1. The number of thiazole rings is 1. The standard InChI is InChI=1S/C20H28N4OS/c1-15(2)19-22-17(14-26-19)13-24-11-7-6-10-18(24)12-21-20(25)23-16-8-4-3-5-9-16/h3-5,8-9,14-15,18H,6-7,10-13H2,1-2H3,(H2,21,23,25). The van der Waals surface area contributed by atoms with E-state index in [1.807, 2.05) is 30.3 Å². The molecule has 1 atom stereocenters. The summed E-state index contributed by atoms with van der Waals surface area (Å²) in [7, 11) is 0. The van der Waals surface area contributed by atoms with Crippen molar-refractivity contribution in [3.05, 3.63) is 46.4 Å². The van der Waals surface area contributed by atoms with E-state index in [4.69, 9.17) is 4.98 Å². The molecule has 0 aliphatic carbocycles. The summed E-state index contributed by atoms with van der Waals surface area (Å²) in [6.07, 6.45) is 3.55. The van der Waals surface area contributed by atoms with Crippen LogP contribution in [0.1, 0.15) is 49.7 Å². The van der Waals surface area contributed by atoms with Crippen LogP contribution in [0.4, 0.5) is 10.5 Å². The first-order valence-electron chi connectivity index (χ1n) is 9.40. The summed E-state index contributed by atoms with van der Waals surface area (Å²) in [6.45, 7) is 6.97. The molecule has 3 rings (SSSR count). The number of carbonyl (C=O) groups is 1. The summed E-state index contributed by atoms with van der Waals surface area (Å²) < 4.78 is 0. The second kappa shape index (κ2) is 9.14. The summed E-state index contributed by atoms with van der Waals surface area (Å²) in [5.41, 5.74) is 1.97. The Morgan fingerprint density at radius 1 is 1.31 bits per heavy atom. The van der Waals surface area contributed by atoms with E-state index < -0.39 is 0 Å². The molecule has 1 aromatic heterocycles. The van der Waals surface area contributed by atoms with Crippen LogP contribution in [0.25, 0.3) is 0 Å². The molecule has 5 nitrogen and oxygen atoms in total. The Balaban J connectivity index is 1.52. The lowest BCUT2D eigenvalue weighted by molar-refractivity contribution is 0.137. The number of hydrogen-bond acceptors (Lipinski definition) is 4. The summed E-state index contributed by atoms with van der Waals surface area (Å²) in [5, 5.41) is 9.29. The lowest BCUT2D eigenvalue weighted by Crippen LogP contribution is -2.47. The van der Waals surface area contributed by atoms with E-state index >= 15 is 0 Å². The number of anilines is 1. The maximum absolute atomic E-state index is 12.1. The number of benzene rings is 1. The van der Waals surface area contributed by atoms with Gasteiger partial charge in [0.15, 0.2) is 0 Å². The van der Waals surface area contributed by atoms with Gasteiger partial charge in [-0.05, 0) is 31.5 Å². The maximum Gasteiger partial charge on any atom is 0.319 e. The van der Waals surface area contributed by atoms with Gasteiger partial charge in [-0.25, -0.2) is 9.78 Å². The Kier molecular flexibility index (Phi) is 6.63. The SMILES string of the molecule is CC(C)c1nc(CN2CCCCC2CNC(=O)Nc2ccccc2)cs1. The average molecular weight is 373 g/mol. The number of hydrogen-bond donors (Lipinski definition) is 2. The molecule has 26 heavy (non-hydrogen) atoms. The number of aromatic nitrogens is 1. The quantitative estimate of drug-likeness (QED) is 0.788. The molecule has 2 amide bonds. The predicted molar refractivity (Wildman–Crippen MR) is 108 cm³/mol. The number of piperidine rings is 1. The van der Waals surface area contributed by atoms with Crippen LogP contribution in [0.3, 0.4) is 0 Å². The van der Waals surface area contributed by atoms with Gasteiger partial charge < -0.3 is 10.6 Å². The Morgan fingerprint density at radius 3 is 2.85 bits per heavy atom. The van der Waals surface area contributed by atoms with Crippen molar-refractivity contribution in [2.24, 2.45) is 0 Å². The highest BCUT2D eigenvalue weighted by molar-refractivity contribution is 7.09. The number of para-hydroxylation sites is 1. The van der Waals surface area contributed by atoms with E-state index in [1.165, 1.54) is 17.8 Å². The third kappa shape index (κ3) is 5.29. The van der Waals surface area contributed by atoms with E-state index in [9.17, 15) is 4.79 Å². The van der Waals surface area contributed by atoms with Crippen LogP contribution in [0.5, 0.6) is 0 Å². The molecule has 140 valence electrons. The fourth-order valence-electron chi connectivity index (χ4n) is 3.28. The van der Waals surface area contributed by atoms with Crippen molar-refractivity contribution in [3.63, 3.8) is 0 Å². The van der Waals surface area contributed by atoms with Crippen molar-refractivity contribution in [3.8, 4) is 0 Å². The zero-order valence-electron chi connectivity index (χ0n) is 15.6. The number of amides is 2. The number of nitrogens with zero attached hydrogens (tertiary/aromatic N) is 2. The van der Waals surface area contributed by atoms with Gasteiger partial charge in [0.2, 0.25) is 0 Å². The normalized spacial score (nSPS) is 18.0. The van der Waals surface area contributed by atoms with Gasteiger partial charge in [0.25, 0.3) is 0 Å². The zero-order valence-corrected chi connectivity index (χ0v) is 16.4. The first kappa shape index (κ1) is 18.9. The first-order valence-corrected chi connectivity index (χ1v) is 10.3. The summed E-state index contributed by atoms with van der Waals surface area (Å²) in [4.78, 5) is 19.4. The molecule has 1 unspecified atom stereocenters. The summed E-state index contributed by atoms with van der Waals surface area (Å²) in [6, 6.07) is 9.77. The first-order chi connectivity index (χ1) is 12.6. The van der Waals surface area contributed by atoms with Gasteiger partial charge >= 0.3 is 6.03 Å². The molecule has 2 N–H and O–H groups in total. The second-order valence-corrected chi connectivity index (χ2v) is 8.04. The van der Waals surface area contributed by atoms with E-state index in [0.29, 0.717) is 18.5 Å². The molecule has 0 radical (unpaired) electrons. The molecule has 0 spiro atoms. The largest absolute Gasteiger partial charge is 0.336 e. The molecule has 0 saturated carbocycles. The van der Waals surface area contributed by atoms with Crippen LogP contribution < -0.4 is 10.6 Å². The van der Waals surface area contributed by atoms with Crippen LogP contribution >= 0.6 is 11.3 Å². The fourth-order valence-corrected chi connectivity index (χ4v) is 4.10. The fraction of sp³-hybridized carbons (Fsp3) is 0.500. The average Bonchev–Trinajstić information content (AvgIpc) is 3.11. The Hall–Kier alpha value is -1.92. The van der Waals surface area contributed by atoms with Crippen LogP contribution in [0, 0.1) is 0 Å². The summed E-state index contributed by atoms with van der Waals surface area (Å²) >= 11 is 1.75. The molecule has 1 aliphatic rings. The van der Waals surface area contributed by atoms with Crippen molar-refractivity contribution in [2.75, 3.05) is 18.4 Å². The number of rotatable bonds is 6. The van der Waals surface area contributed by atoms with Crippen molar-refractivity contribution in [2.45, 2.75) is 51.6 Å². The highest BCUT2D eigenvalue weighted by Crippen LogP contribution is 2.23. The van der Waals surface area contributed by atoms with Crippen molar-refractivity contribution < 1.29 is 4.79 Å². The van der Waals surface area contributed by atoms with Crippen LogP contribution in [-0.2, 0) is 6.54 Å². The molecular weight excluding hydrogens is 344 g/mol. The number of carbonyl (C=O) groups excluding carboxylic acids is 1. The molecular formula is C20H28N4OS. The Labute approximate surface area is 159 Å². The molecule has 0 bridgehead atoms. The predicted octanol–water partition coefficient (Wildman–Crippen LogP) is 4.44. The summed E-state index contributed by atoms with van der Waals surface area (Å²) in [5.74, 6) is 0.481. The van der Waals surface area contributed by atoms with Crippen molar-refractivity contribution in [1.82, 2.24) is 15.2 Å². The molecule has 1 saturated heterocycles. The lowest BCUT2D eigenvalue weighted by Gasteiger charge is -2.35. The molecule has 1 fully saturated rings. The van der Waals surface area contributed by atoms with Gasteiger partial charge in [0.05, 0.1) is 10.7 Å². The minimum atomic E-state index is -0.141. The number of urea groups is 1. The second-order valence-electron chi connectivity index (χ2n) is 7.15. The van der Waals surface area contributed by atoms with Gasteiger partial charge in [0.1, 0.15) is 0 Å². The van der Waals surface area contributed by atoms with Gasteiger partial charge in [-0.1, -0.05) is 38.5 Å².